The number of hydrogen-bond acceptors (Lipinski definition) is 5. The van der Waals surface area contributed by atoms with Crippen molar-refractivity contribution in [3.63, 3.8) is 0 Å². The SMILES string of the molecule is O=C1CCc2cc(S(=O)(=O)N3CCCC3c3nc4ccccc4s3)c(F)cc2N1. The summed E-state index contributed by atoms with van der Waals surface area (Å²) in [6.45, 7) is 0.330. The lowest BCUT2D eigenvalue weighted by molar-refractivity contribution is -0.116. The summed E-state index contributed by atoms with van der Waals surface area (Å²) in [5, 5.41) is 3.34. The molecule has 9 heteroatoms. The third-order valence-corrected chi connectivity index (χ3v) is 8.50. The minimum Gasteiger partial charge on any atom is -0.326 e. The van der Waals surface area contributed by atoms with Crippen molar-refractivity contribution in [2.45, 2.75) is 36.6 Å². The van der Waals surface area contributed by atoms with Gasteiger partial charge in [0.05, 0.1) is 16.3 Å². The smallest absolute Gasteiger partial charge is 0.246 e. The zero-order chi connectivity index (χ0) is 20.2. The molecule has 29 heavy (non-hydrogen) atoms. The summed E-state index contributed by atoms with van der Waals surface area (Å²) in [6, 6.07) is 9.77. The number of aromatic nitrogens is 1. The first-order valence-electron chi connectivity index (χ1n) is 9.43. The molecular formula is C20H18FN3O3S2. The molecule has 1 atom stereocenters. The number of hydrogen-bond donors (Lipinski definition) is 1. The van der Waals surface area contributed by atoms with Crippen LogP contribution in [0.3, 0.4) is 0 Å². The third-order valence-electron chi connectivity index (χ3n) is 5.44. The second kappa shape index (κ2) is 6.86. The molecule has 2 aliphatic rings. The average molecular weight is 432 g/mol. The number of aryl methyl sites for hydroxylation is 1. The molecule has 1 N–H and O–H groups in total. The Kier molecular flexibility index (Phi) is 4.41. The lowest BCUT2D eigenvalue weighted by Crippen LogP contribution is -2.31. The number of para-hydroxylation sites is 1. The molecule has 0 aliphatic carbocycles. The van der Waals surface area contributed by atoms with Gasteiger partial charge >= 0.3 is 0 Å². The van der Waals surface area contributed by atoms with Gasteiger partial charge in [0, 0.05) is 18.7 Å². The van der Waals surface area contributed by atoms with Crippen LogP contribution in [0.2, 0.25) is 0 Å². The number of rotatable bonds is 3. The third kappa shape index (κ3) is 3.13. The Labute approximate surface area is 171 Å². The van der Waals surface area contributed by atoms with Gasteiger partial charge in [0.25, 0.3) is 0 Å². The Morgan fingerprint density at radius 2 is 2.03 bits per heavy atom. The highest BCUT2D eigenvalue weighted by molar-refractivity contribution is 7.89. The normalized spacial score (nSPS) is 20.0. The number of benzene rings is 2. The van der Waals surface area contributed by atoms with Gasteiger partial charge in [0.1, 0.15) is 15.7 Å². The van der Waals surface area contributed by atoms with E-state index in [-0.39, 0.29) is 17.2 Å². The van der Waals surface area contributed by atoms with E-state index < -0.39 is 21.9 Å². The molecule has 1 amide bonds. The Morgan fingerprint density at radius 3 is 2.86 bits per heavy atom. The number of sulfonamides is 1. The number of fused-ring (bicyclic) bond motifs is 2. The minimum absolute atomic E-state index is 0.192. The Morgan fingerprint density at radius 1 is 1.21 bits per heavy atom. The number of nitrogens with one attached hydrogen (secondary N) is 1. The highest BCUT2D eigenvalue weighted by atomic mass is 32.2. The van der Waals surface area contributed by atoms with Crippen molar-refractivity contribution in [1.29, 1.82) is 0 Å². The number of nitrogens with zero attached hydrogens (tertiary/aromatic N) is 2. The molecule has 3 heterocycles. The first-order valence-corrected chi connectivity index (χ1v) is 11.7. The second-order valence-electron chi connectivity index (χ2n) is 7.28. The fourth-order valence-corrected chi connectivity index (χ4v) is 6.95. The first kappa shape index (κ1) is 18.7. The standard InChI is InChI=1S/C20H18FN3O3S2/c21-13-11-15-12(7-8-19(25)22-15)10-18(13)29(26,27)24-9-3-5-16(24)20-23-14-4-1-2-6-17(14)28-20/h1-2,4,6,10-11,16H,3,5,7-9H2,(H,22,25). The molecule has 0 spiro atoms. The number of carbonyl (C=O) groups excluding carboxylic acids is 1. The van der Waals surface area contributed by atoms with E-state index in [0.29, 0.717) is 37.1 Å². The summed E-state index contributed by atoms with van der Waals surface area (Å²) in [7, 11) is -4.04. The number of thiazole rings is 1. The van der Waals surface area contributed by atoms with Crippen LogP contribution in [0, 0.1) is 5.82 Å². The molecule has 2 aliphatic heterocycles. The molecule has 3 aromatic rings. The van der Waals surface area contributed by atoms with Gasteiger partial charge in [-0.15, -0.1) is 11.3 Å². The van der Waals surface area contributed by atoms with E-state index in [1.54, 1.807) is 0 Å². The Bertz CT molecular complexity index is 1210. The van der Waals surface area contributed by atoms with Crippen LogP contribution in [0.25, 0.3) is 10.2 Å². The fourth-order valence-electron chi connectivity index (χ4n) is 4.01. The Hall–Kier alpha value is -2.36. The molecular weight excluding hydrogens is 413 g/mol. The van der Waals surface area contributed by atoms with Crippen LogP contribution in [0.5, 0.6) is 0 Å². The van der Waals surface area contributed by atoms with Crippen molar-refractivity contribution in [1.82, 2.24) is 9.29 Å². The number of amides is 1. The van der Waals surface area contributed by atoms with Gasteiger partial charge in [-0.1, -0.05) is 12.1 Å². The quantitative estimate of drug-likeness (QED) is 0.683. The van der Waals surface area contributed by atoms with Gasteiger partial charge < -0.3 is 5.32 Å². The van der Waals surface area contributed by atoms with Crippen molar-refractivity contribution in [2.24, 2.45) is 0 Å². The van der Waals surface area contributed by atoms with Crippen LogP contribution in [-0.2, 0) is 21.2 Å². The van der Waals surface area contributed by atoms with Crippen LogP contribution in [-0.4, -0.2) is 30.2 Å². The molecule has 1 saturated heterocycles. The summed E-state index contributed by atoms with van der Waals surface area (Å²) < 4.78 is 43.9. The maximum atomic E-state index is 14.8. The molecule has 0 radical (unpaired) electrons. The molecule has 1 fully saturated rings. The van der Waals surface area contributed by atoms with Gasteiger partial charge in [-0.25, -0.2) is 17.8 Å². The number of carbonyl (C=O) groups is 1. The van der Waals surface area contributed by atoms with E-state index in [1.165, 1.54) is 21.7 Å². The highest BCUT2D eigenvalue weighted by Crippen LogP contribution is 2.40. The molecule has 5 rings (SSSR count). The summed E-state index contributed by atoms with van der Waals surface area (Å²) >= 11 is 1.48. The van der Waals surface area contributed by atoms with E-state index in [9.17, 15) is 17.6 Å². The van der Waals surface area contributed by atoms with Crippen LogP contribution < -0.4 is 5.32 Å². The predicted molar refractivity (Wildman–Crippen MR) is 109 cm³/mol. The van der Waals surface area contributed by atoms with Gasteiger partial charge in [-0.3, -0.25) is 4.79 Å². The zero-order valence-corrected chi connectivity index (χ0v) is 17.0. The maximum absolute atomic E-state index is 14.8. The summed E-state index contributed by atoms with van der Waals surface area (Å²) in [5.74, 6) is -1.04. The van der Waals surface area contributed by atoms with Crippen molar-refractivity contribution in [3.05, 3.63) is 52.8 Å². The summed E-state index contributed by atoms with van der Waals surface area (Å²) in [4.78, 5) is 15.8. The molecule has 0 bridgehead atoms. The number of anilines is 1. The van der Waals surface area contributed by atoms with Gasteiger partial charge in [0.15, 0.2) is 0 Å². The van der Waals surface area contributed by atoms with Crippen LogP contribution in [0.1, 0.15) is 35.9 Å². The average Bonchev–Trinajstić information content (AvgIpc) is 3.34. The Balaban J connectivity index is 1.54. The van der Waals surface area contributed by atoms with E-state index in [0.717, 1.165) is 21.3 Å². The van der Waals surface area contributed by atoms with E-state index in [2.05, 4.69) is 10.3 Å². The molecule has 2 aromatic carbocycles. The van der Waals surface area contributed by atoms with Gasteiger partial charge in [-0.2, -0.15) is 4.31 Å². The van der Waals surface area contributed by atoms with Crippen LogP contribution >= 0.6 is 11.3 Å². The van der Waals surface area contributed by atoms with E-state index in [1.807, 2.05) is 24.3 Å². The topological polar surface area (TPSA) is 79.4 Å². The zero-order valence-electron chi connectivity index (χ0n) is 15.4. The predicted octanol–water partition coefficient (Wildman–Crippen LogP) is 3.85. The second-order valence-corrected chi connectivity index (χ2v) is 10.2. The van der Waals surface area contributed by atoms with Crippen LogP contribution in [0.4, 0.5) is 10.1 Å². The lowest BCUT2D eigenvalue weighted by atomic mass is 10.0. The fraction of sp³-hybridized carbons (Fsp3) is 0.300. The monoisotopic (exact) mass is 431 g/mol. The highest BCUT2D eigenvalue weighted by Gasteiger charge is 2.39. The molecule has 0 saturated carbocycles. The lowest BCUT2D eigenvalue weighted by Gasteiger charge is -2.24. The first-order chi connectivity index (χ1) is 13.9. The van der Waals surface area contributed by atoms with E-state index >= 15 is 0 Å². The van der Waals surface area contributed by atoms with Crippen molar-refractivity contribution in [2.75, 3.05) is 11.9 Å². The van der Waals surface area contributed by atoms with Gasteiger partial charge in [0.2, 0.25) is 15.9 Å². The summed E-state index contributed by atoms with van der Waals surface area (Å²) in [5.41, 5.74) is 1.83. The molecule has 1 unspecified atom stereocenters. The van der Waals surface area contributed by atoms with Crippen molar-refractivity contribution >= 4 is 43.2 Å². The molecule has 150 valence electrons. The van der Waals surface area contributed by atoms with Crippen molar-refractivity contribution in [3.8, 4) is 0 Å². The molecule has 1 aromatic heterocycles. The molecule has 6 nitrogen and oxygen atoms in total. The van der Waals surface area contributed by atoms with Gasteiger partial charge in [-0.05, 0) is 49.1 Å². The summed E-state index contributed by atoms with van der Waals surface area (Å²) in [6.07, 6.45) is 2.01. The van der Waals surface area contributed by atoms with Crippen molar-refractivity contribution < 1.29 is 17.6 Å². The van der Waals surface area contributed by atoms with Crippen LogP contribution in [0.15, 0.2) is 41.3 Å². The minimum atomic E-state index is -4.04. The van der Waals surface area contributed by atoms with E-state index in [4.69, 9.17) is 0 Å². The largest absolute Gasteiger partial charge is 0.326 e. The maximum Gasteiger partial charge on any atom is 0.246 e. The number of halogens is 1.